The molecule has 0 unspecified atom stereocenters. The summed E-state index contributed by atoms with van der Waals surface area (Å²) >= 11 is 3.40. The van der Waals surface area contributed by atoms with Crippen LogP contribution in [0.3, 0.4) is 0 Å². The molecule has 4 heteroatoms. The van der Waals surface area contributed by atoms with E-state index < -0.39 is 0 Å². The van der Waals surface area contributed by atoms with Crippen molar-refractivity contribution in [2.75, 3.05) is 33.2 Å². The molecule has 1 aliphatic rings. The van der Waals surface area contributed by atoms with Crippen molar-refractivity contribution in [1.29, 1.82) is 0 Å². The highest BCUT2D eigenvalue weighted by Crippen LogP contribution is 2.11. The monoisotopic (exact) mass is 297 g/mol. The molecule has 0 spiro atoms. The molecule has 1 aromatic carbocycles. The summed E-state index contributed by atoms with van der Waals surface area (Å²) < 4.78 is 1.05. The molecule has 1 aliphatic heterocycles. The summed E-state index contributed by atoms with van der Waals surface area (Å²) in [4.78, 5) is 15.6. The normalized spacial score (nSPS) is 17.2. The van der Waals surface area contributed by atoms with Crippen LogP contribution in [0, 0.1) is 0 Å². The van der Waals surface area contributed by atoms with E-state index in [1.165, 1.54) is 4.90 Å². The summed E-state index contributed by atoms with van der Waals surface area (Å²) in [6.07, 6.45) is 0.520. The molecule has 1 heterocycles. The number of carbonyl (C=O) groups is 1. The Morgan fingerprint density at radius 1 is 1.29 bits per heavy atom. The predicted molar refractivity (Wildman–Crippen MR) is 71.0 cm³/mol. The third-order valence-corrected chi connectivity index (χ3v) is 3.77. The topological polar surface area (TPSA) is 24.8 Å². The van der Waals surface area contributed by atoms with Crippen molar-refractivity contribution in [3.63, 3.8) is 0 Å². The Kier molecular flexibility index (Phi) is 4.18. The second kappa shape index (κ2) is 5.65. The lowest BCUT2D eigenvalue weighted by atomic mass is 10.1. The molecule has 1 N–H and O–H groups in total. The first-order valence-corrected chi connectivity index (χ1v) is 6.78. The van der Waals surface area contributed by atoms with Crippen LogP contribution in [0.15, 0.2) is 28.7 Å². The molecule has 92 valence electrons. The fourth-order valence-electron chi connectivity index (χ4n) is 2.03. The lowest BCUT2D eigenvalue weighted by Gasteiger charge is -2.30. The Bertz CT molecular complexity index is 383. The van der Waals surface area contributed by atoms with Crippen molar-refractivity contribution < 1.29 is 9.69 Å². The summed E-state index contributed by atoms with van der Waals surface area (Å²) in [5.74, 6) is 0.250. The van der Waals surface area contributed by atoms with E-state index >= 15 is 0 Å². The number of rotatable bonds is 2. The minimum Gasteiger partial charge on any atom is -0.334 e. The third-order valence-electron chi connectivity index (χ3n) is 3.24. The van der Waals surface area contributed by atoms with Gasteiger partial charge in [-0.2, -0.15) is 0 Å². The minimum atomic E-state index is 0.250. The highest BCUT2D eigenvalue weighted by molar-refractivity contribution is 9.10. The van der Waals surface area contributed by atoms with Gasteiger partial charge >= 0.3 is 0 Å². The number of benzene rings is 1. The van der Waals surface area contributed by atoms with E-state index in [-0.39, 0.29) is 5.91 Å². The number of likely N-dealkylation sites (N-methyl/N-ethyl adjacent to an activating group) is 1. The molecule has 1 fully saturated rings. The molecular formula is C13H18BrN2O+. The number of amides is 1. The molecule has 1 aromatic rings. The maximum atomic E-state index is 12.1. The average Bonchev–Trinajstić information content (AvgIpc) is 2.33. The number of quaternary nitrogens is 1. The summed E-state index contributed by atoms with van der Waals surface area (Å²) in [6.45, 7) is 3.90. The zero-order valence-corrected chi connectivity index (χ0v) is 11.7. The van der Waals surface area contributed by atoms with Gasteiger partial charge in [0.2, 0.25) is 5.91 Å². The predicted octanol–water partition coefficient (Wildman–Crippen LogP) is 0.349. The van der Waals surface area contributed by atoms with E-state index in [0.29, 0.717) is 6.42 Å². The second-order valence-electron chi connectivity index (χ2n) is 4.64. The van der Waals surface area contributed by atoms with Crippen LogP contribution in [-0.2, 0) is 11.2 Å². The maximum absolute atomic E-state index is 12.1. The fraction of sp³-hybridized carbons (Fsp3) is 0.462. The third kappa shape index (κ3) is 3.54. The molecule has 2 rings (SSSR count). The van der Waals surface area contributed by atoms with Crippen LogP contribution in [0.1, 0.15) is 5.56 Å². The van der Waals surface area contributed by atoms with E-state index in [1.54, 1.807) is 0 Å². The quantitative estimate of drug-likeness (QED) is 0.837. The smallest absolute Gasteiger partial charge is 0.227 e. The van der Waals surface area contributed by atoms with Crippen LogP contribution < -0.4 is 4.90 Å². The average molecular weight is 298 g/mol. The molecular weight excluding hydrogens is 280 g/mol. The molecule has 17 heavy (non-hydrogen) atoms. The standard InChI is InChI=1S/C13H17BrN2O/c1-15-6-8-16(9-7-15)13(17)10-11-2-4-12(14)5-3-11/h2-5H,6-10H2,1H3/p+1. The first-order chi connectivity index (χ1) is 8.15. The molecule has 0 saturated carbocycles. The van der Waals surface area contributed by atoms with Gasteiger partial charge in [0.25, 0.3) is 0 Å². The van der Waals surface area contributed by atoms with Gasteiger partial charge in [0.15, 0.2) is 0 Å². The number of hydrogen-bond acceptors (Lipinski definition) is 1. The van der Waals surface area contributed by atoms with Crippen molar-refractivity contribution in [2.45, 2.75) is 6.42 Å². The molecule has 1 saturated heterocycles. The van der Waals surface area contributed by atoms with Crippen LogP contribution in [0.2, 0.25) is 0 Å². The van der Waals surface area contributed by atoms with Gasteiger partial charge in [-0.15, -0.1) is 0 Å². The van der Waals surface area contributed by atoms with Gasteiger partial charge in [0.05, 0.1) is 39.6 Å². The van der Waals surface area contributed by atoms with Gasteiger partial charge < -0.3 is 9.80 Å². The fourth-order valence-corrected chi connectivity index (χ4v) is 2.29. The summed E-state index contributed by atoms with van der Waals surface area (Å²) in [5.41, 5.74) is 1.09. The maximum Gasteiger partial charge on any atom is 0.227 e. The summed E-state index contributed by atoms with van der Waals surface area (Å²) in [7, 11) is 2.18. The van der Waals surface area contributed by atoms with Crippen molar-refractivity contribution in [2.24, 2.45) is 0 Å². The van der Waals surface area contributed by atoms with Gasteiger partial charge in [-0.05, 0) is 17.7 Å². The number of nitrogens with zero attached hydrogens (tertiary/aromatic N) is 1. The SMILES string of the molecule is C[NH+]1CCN(C(=O)Cc2ccc(Br)cc2)CC1. The van der Waals surface area contributed by atoms with Gasteiger partial charge in [-0.25, -0.2) is 0 Å². The van der Waals surface area contributed by atoms with E-state index in [4.69, 9.17) is 0 Å². The Morgan fingerprint density at radius 3 is 2.47 bits per heavy atom. The Morgan fingerprint density at radius 2 is 1.88 bits per heavy atom. The molecule has 3 nitrogen and oxygen atoms in total. The summed E-state index contributed by atoms with van der Waals surface area (Å²) in [6, 6.07) is 7.97. The van der Waals surface area contributed by atoms with Crippen molar-refractivity contribution in [3.05, 3.63) is 34.3 Å². The number of carbonyl (C=O) groups excluding carboxylic acids is 1. The minimum absolute atomic E-state index is 0.250. The van der Waals surface area contributed by atoms with Crippen LogP contribution in [0.4, 0.5) is 0 Å². The second-order valence-corrected chi connectivity index (χ2v) is 5.56. The largest absolute Gasteiger partial charge is 0.334 e. The van der Waals surface area contributed by atoms with E-state index in [2.05, 4.69) is 23.0 Å². The lowest BCUT2D eigenvalue weighted by molar-refractivity contribution is -0.883. The van der Waals surface area contributed by atoms with Crippen LogP contribution >= 0.6 is 15.9 Å². The van der Waals surface area contributed by atoms with Crippen molar-refractivity contribution >= 4 is 21.8 Å². The number of piperazine rings is 1. The van der Waals surface area contributed by atoms with Crippen molar-refractivity contribution in [3.8, 4) is 0 Å². The van der Waals surface area contributed by atoms with E-state index in [1.807, 2.05) is 29.2 Å². The first-order valence-electron chi connectivity index (χ1n) is 5.98. The molecule has 1 amide bonds. The zero-order chi connectivity index (χ0) is 12.3. The molecule has 0 bridgehead atoms. The lowest BCUT2D eigenvalue weighted by Crippen LogP contribution is -3.12. The molecule has 0 aromatic heterocycles. The highest BCUT2D eigenvalue weighted by atomic mass is 79.9. The number of halogens is 1. The van der Waals surface area contributed by atoms with Gasteiger partial charge in [0, 0.05) is 4.47 Å². The highest BCUT2D eigenvalue weighted by Gasteiger charge is 2.20. The number of hydrogen-bond donors (Lipinski definition) is 1. The van der Waals surface area contributed by atoms with Gasteiger partial charge in [-0.3, -0.25) is 4.79 Å². The molecule has 0 aliphatic carbocycles. The number of nitrogens with one attached hydrogen (secondary N) is 1. The van der Waals surface area contributed by atoms with E-state index in [9.17, 15) is 4.79 Å². The van der Waals surface area contributed by atoms with Crippen LogP contribution in [0.5, 0.6) is 0 Å². The van der Waals surface area contributed by atoms with Crippen molar-refractivity contribution in [1.82, 2.24) is 4.90 Å². The Balaban J connectivity index is 1.90. The Hall–Kier alpha value is -0.870. The van der Waals surface area contributed by atoms with E-state index in [0.717, 1.165) is 36.2 Å². The van der Waals surface area contributed by atoms with Gasteiger partial charge in [-0.1, -0.05) is 28.1 Å². The van der Waals surface area contributed by atoms with Crippen LogP contribution in [-0.4, -0.2) is 44.0 Å². The zero-order valence-electron chi connectivity index (χ0n) is 10.1. The van der Waals surface area contributed by atoms with Gasteiger partial charge in [0.1, 0.15) is 0 Å². The first kappa shape index (κ1) is 12.6. The summed E-state index contributed by atoms with van der Waals surface area (Å²) in [5, 5.41) is 0. The molecule has 0 atom stereocenters. The Labute approximate surface area is 111 Å². The molecule has 0 radical (unpaired) electrons. The van der Waals surface area contributed by atoms with Crippen LogP contribution in [0.25, 0.3) is 0 Å².